The summed E-state index contributed by atoms with van der Waals surface area (Å²) in [5, 5.41) is 32.4. The van der Waals surface area contributed by atoms with Crippen molar-refractivity contribution in [3.8, 4) is 0 Å². The van der Waals surface area contributed by atoms with E-state index in [1.807, 2.05) is 34.6 Å². The minimum Gasteiger partial charge on any atom is -0.481 e. The second kappa shape index (κ2) is 11.3. The smallest absolute Gasteiger partial charge is 0.304 e. The SMILES string of the molecule is COC(C)(C)C(OC(C)CO)C(NCCC(=O)O)C(O)C(C)OC(C)(C)C. The molecule has 162 valence electrons. The molecule has 0 radical (unpaired) electrons. The van der Waals surface area contributed by atoms with E-state index in [0.717, 1.165) is 0 Å². The number of aliphatic hydroxyl groups excluding tert-OH is 2. The Balaban J connectivity index is 5.66. The van der Waals surface area contributed by atoms with E-state index in [1.165, 1.54) is 7.11 Å². The Morgan fingerprint density at radius 2 is 1.70 bits per heavy atom. The third kappa shape index (κ3) is 9.82. The standard InChI is InChI=1S/C19H39NO7/c1-12(11-21)26-17(19(6,7)25-8)15(20-10-9-14(22)23)16(24)13(2)27-18(3,4)5/h12-13,15-17,20-21,24H,9-11H2,1-8H3,(H,22,23). The van der Waals surface area contributed by atoms with Gasteiger partial charge in [-0.25, -0.2) is 0 Å². The highest BCUT2D eigenvalue weighted by atomic mass is 16.6. The number of rotatable bonds is 13. The van der Waals surface area contributed by atoms with Crippen LogP contribution >= 0.6 is 0 Å². The zero-order valence-corrected chi connectivity index (χ0v) is 18.0. The van der Waals surface area contributed by atoms with E-state index in [0.29, 0.717) is 0 Å². The van der Waals surface area contributed by atoms with Crippen LogP contribution in [0.1, 0.15) is 54.9 Å². The van der Waals surface area contributed by atoms with E-state index in [1.54, 1.807) is 13.8 Å². The van der Waals surface area contributed by atoms with Crippen molar-refractivity contribution < 1.29 is 34.3 Å². The average Bonchev–Trinajstić information content (AvgIpc) is 2.54. The molecule has 0 saturated carbocycles. The highest BCUT2D eigenvalue weighted by Gasteiger charge is 2.43. The number of nitrogens with one attached hydrogen (secondary N) is 1. The fraction of sp³-hybridized carbons (Fsp3) is 0.947. The zero-order valence-electron chi connectivity index (χ0n) is 18.0. The third-order valence-electron chi connectivity index (χ3n) is 4.28. The first-order valence-corrected chi connectivity index (χ1v) is 9.37. The molecule has 0 aliphatic rings. The Bertz CT molecular complexity index is 436. The zero-order chi connectivity index (χ0) is 21.4. The molecule has 27 heavy (non-hydrogen) atoms. The second-order valence-corrected chi connectivity index (χ2v) is 8.41. The summed E-state index contributed by atoms with van der Waals surface area (Å²) in [7, 11) is 1.54. The van der Waals surface area contributed by atoms with Crippen LogP contribution in [0.5, 0.6) is 0 Å². The molecule has 0 rings (SSSR count). The molecule has 4 N–H and O–H groups in total. The van der Waals surface area contributed by atoms with Gasteiger partial charge in [0.2, 0.25) is 0 Å². The van der Waals surface area contributed by atoms with Gasteiger partial charge in [0.25, 0.3) is 0 Å². The molecular weight excluding hydrogens is 354 g/mol. The molecule has 0 fully saturated rings. The van der Waals surface area contributed by atoms with E-state index in [4.69, 9.17) is 19.3 Å². The monoisotopic (exact) mass is 393 g/mol. The van der Waals surface area contributed by atoms with Gasteiger partial charge >= 0.3 is 5.97 Å². The first kappa shape index (κ1) is 26.2. The van der Waals surface area contributed by atoms with Crippen molar-refractivity contribution in [2.24, 2.45) is 0 Å². The summed E-state index contributed by atoms with van der Waals surface area (Å²) in [5.74, 6) is -0.943. The van der Waals surface area contributed by atoms with Crippen molar-refractivity contribution in [3.05, 3.63) is 0 Å². The predicted molar refractivity (Wildman–Crippen MR) is 103 cm³/mol. The predicted octanol–water partition coefficient (Wildman–Crippen LogP) is 1.17. The van der Waals surface area contributed by atoms with E-state index in [2.05, 4.69) is 5.32 Å². The van der Waals surface area contributed by atoms with Gasteiger partial charge in [-0.3, -0.25) is 4.79 Å². The maximum Gasteiger partial charge on any atom is 0.304 e. The number of carbonyl (C=O) groups is 1. The molecular formula is C19H39NO7. The lowest BCUT2D eigenvalue weighted by Crippen LogP contribution is -2.62. The molecule has 8 nitrogen and oxygen atoms in total. The molecule has 8 heteroatoms. The van der Waals surface area contributed by atoms with Gasteiger partial charge in [0.05, 0.1) is 48.6 Å². The normalized spacial score (nSPS) is 18.6. The van der Waals surface area contributed by atoms with Gasteiger partial charge in [0.15, 0.2) is 0 Å². The van der Waals surface area contributed by atoms with E-state index < -0.39 is 47.6 Å². The number of hydrogen-bond donors (Lipinski definition) is 4. The Morgan fingerprint density at radius 3 is 2.11 bits per heavy atom. The Labute approximate surface area is 163 Å². The molecule has 0 bridgehead atoms. The molecule has 0 aromatic rings. The highest BCUT2D eigenvalue weighted by molar-refractivity contribution is 5.66. The topological polar surface area (TPSA) is 117 Å². The summed E-state index contributed by atoms with van der Waals surface area (Å²) in [6.45, 7) is 12.7. The number of methoxy groups -OCH3 is 1. The average molecular weight is 394 g/mol. The summed E-state index contributed by atoms with van der Waals surface area (Å²) >= 11 is 0. The van der Waals surface area contributed by atoms with Crippen molar-refractivity contribution >= 4 is 5.97 Å². The Morgan fingerprint density at radius 1 is 1.15 bits per heavy atom. The minimum atomic E-state index is -0.997. The van der Waals surface area contributed by atoms with Crippen LogP contribution in [-0.2, 0) is 19.0 Å². The number of aliphatic carboxylic acids is 1. The summed E-state index contributed by atoms with van der Waals surface area (Å²) in [6, 6.07) is -0.675. The summed E-state index contributed by atoms with van der Waals surface area (Å²) < 4.78 is 17.4. The third-order valence-corrected chi connectivity index (χ3v) is 4.28. The van der Waals surface area contributed by atoms with Crippen molar-refractivity contribution in [3.63, 3.8) is 0 Å². The van der Waals surface area contributed by atoms with E-state index >= 15 is 0 Å². The molecule has 0 saturated heterocycles. The number of carboxylic acid groups (broad SMARTS) is 1. The molecule has 0 heterocycles. The van der Waals surface area contributed by atoms with Crippen LogP contribution < -0.4 is 5.32 Å². The number of ether oxygens (including phenoxy) is 3. The largest absolute Gasteiger partial charge is 0.481 e. The number of aliphatic hydroxyl groups is 2. The number of hydrogen-bond acceptors (Lipinski definition) is 7. The van der Waals surface area contributed by atoms with Crippen LogP contribution in [0, 0.1) is 0 Å². The fourth-order valence-electron chi connectivity index (χ4n) is 2.76. The van der Waals surface area contributed by atoms with Crippen LogP contribution in [0.25, 0.3) is 0 Å². The Hall–Kier alpha value is -0.770. The maximum atomic E-state index is 11.0. The van der Waals surface area contributed by atoms with Crippen LogP contribution in [0.2, 0.25) is 0 Å². The van der Waals surface area contributed by atoms with Gasteiger partial charge in [-0.05, 0) is 48.5 Å². The van der Waals surface area contributed by atoms with Gasteiger partial charge in [-0.15, -0.1) is 0 Å². The second-order valence-electron chi connectivity index (χ2n) is 8.41. The summed E-state index contributed by atoms with van der Waals surface area (Å²) in [6.07, 6.45) is -2.80. The summed E-state index contributed by atoms with van der Waals surface area (Å²) in [4.78, 5) is 10.9. The van der Waals surface area contributed by atoms with Crippen LogP contribution in [0.4, 0.5) is 0 Å². The molecule has 0 aliphatic heterocycles. The lowest BCUT2D eigenvalue weighted by atomic mass is 9.88. The fourth-order valence-corrected chi connectivity index (χ4v) is 2.76. The summed E-state index contributed by atoms with van der Waals surface area (Å²) in [5.41, 5.74) is -1.27. The highest BCUT2D eigenvalue weighted by Crippen LogP contribution is 2.26. The first-order valence-electron chi connectivity index (χ1n) is 9.37. The molecule has 5 atom stereocenters. The van der Waals surface area contributed by atoms with Crippen molar-refractivity contribution in [2.45, 2.75) is 96.5 Å². The van der Waals surface area contributed by atoms with Gasteiger partial charge in [-0.1, -0.05) is 0 Å². The molecule has 5 unspecified atom stereocenters. The van der Waals surface area contributed by atoms with Crippen molar-refractivity contribution in [1.29, 1.82) is 0 Å². The minimum absolute atomic E-state index is 0.104. The van der Waals surface area contributed by atoms with Crippen LogP contribution in [0.15, 0.2) is 0 Å². The van der Waals surface area contributed by atoms with Crippen molar-refractivity contribution in [1.82, 2.24) is 5.32 Å². The van der Waals surface area contributed by atoms with Crippen LogP contribution in [-0.4, -0.2) is 83.2 Å². The molecule has 0 amide bonds. The lowest BCUT2D eigenvalue weighted by molar-refractivity contribution is -0.180. The lowest BCUT2D eigenvalue weighted by Gasteiger charge is -2.43. The van der Waals surface area contributed by atoms with Gasteiger partial charge in [-0.2, -0.15) is 0 Å². The maximum absolute atomic E-state index is 11.0. The van der Waals surface area contributed by atoms with Gasteiger partial charge < -0.3 is 34.8 Å². The molecule has 0 aromatic carbocycles. The van der Waals surface area contributed by atoms with Gasteiger partial charge in [0, 0.05) is 13.7 Å². The quantitative estimate of drug-likeness (QED) is 0.368. The molecule has 0 aromatic heterocycles. The van der Waals surface area contributed by atoms with E-state index in [9.17, 15) is 15.0 Å². The molecule has 0 spiro atoms. The Kier molecular flexibility index (Phi) is 11.0. The van der Waals surface area contributed by atoms with E-state index in [-0.39, 0.29) is 19.6 Å². The number of carboxylic acids is 1. The van der Waals surface area contributed by atoms with Crippen LogP contribution in [0.3, 0.4) is 0 Å². The first-order chi connectivity index (χ1) is 12.2. The van der Waals surface area contributed by atoms with Gasteiger partial charge in [0.1, 0.15) is 6.10 Å². The molecule has 0 aliphatic carbocycles. The van der Waals surface area contributed by atoms with Crippen molar-refractivity contribution in [2.75, 3.05) is 20.3 Å².